The molecule has 3 aliphatic heterocycles. The second-order valence-corrected chi connectivity index (χ2v) is 8.61. The molecule has 3 aliphatic rings. The van der Waals surface area contributed by atoms with Crippen LogP contribution < -0.4 is 15.5 Å². The van der Waals surface area contributed by atoms with Gasteiger partial charge in [0.2, 0.25) is 5.91 Å². The highest BCUT2D eigenvalue weighted by molar-refractivity contribution is 5.93. The first-order valence-corrected chi connectivity index (χ1v) is 10.8. The molecule has 5 rings (SSSR count). The molecule has 2 N–H and O–H groups in total. The topological polar surface area (TPSA) is 67.9 Å². The number of amides is 3. The molecule has 9 heteroatoms. The number of carbonyl (C=O) groups excluding carboxylic acids is 2. The summed E-state index contributed by atoms with van der Waals surface area (Å²) in [5.74, 6) is -1.40. The SMILES string of the molecule is O=C(Nc1ccc(F)cc1F)N1CC(N2CCC3(CC2)C(=O)NCN3c2ccccc2)C1. The molecule has 0 radical (unpaired) electrons. The van der Waals surface area contributed by atoms with Crippen LogP contribution in [0.1, 0.15) is 12.8 Å². The number of nitrogens with one attached hydrogen (secondary N) is 2. The Hall–Kier alpha value is -3.20. The highest BCUT2D eigenvalue weighted by Crippen LogP contribution is 2.37. The van der Waals surface area contributed by atoms with Crippen LogP contribution in [0.3, 0.4) is 0 Å². The fourth-order valence-electron chi connectivity index (χ4n) is 4.93. The van der Waals surface area contributed by atoms with Crippen LogP contribution in [0.25, 0.3) is 0 Å². The average Bonchev–Trinajstić information content (AvgIpc) is 3.07. The molecule has 0 saturated carbocycles. The number of hydrogen-bond donors (Lipinski definition) is 2. The minimum absolute atomic E-state index is 0.0342. The standard InChI is InChI=1S/C23H25F2N5O2/c24-16-6-7-20(19(25)12-16)27-22(32)29-13-18(14-29)28-10-8-23(9-11-28)21(31)26-15-30(23)17-4-2-1-3-5-17/h1-7,12,18H,8-11,13-15H2,(H,26,31)(H,27,32). The van der Waals surface area contributed by atoms with E-state index >= 15 is 0 Å². The van der Waals surface area contributed by atoms with E-state index in [0.29, 0.717) is 19.8 Å². The summed E-state index contributed by atoms with van der Waals surface area (Å²) in [5, 5.41) is 5.51. The van der Waals surface area contributed by atoms with Gasteiger partial charge in [-0.3, -0.25) is 9.69 Å². The van der Waals surface area contributed by atoms with Crippen molar-refractivity contribution in [2.45, 2.75) is 24.4 Å². The summed E-state index contributed by atoms with van der Waals surface area (Å²) in [7, 11) is 0. The minimum Gasteiger partial charge on any atom is -0.339 e. The van der Waals surface area contributed by atoms with Crippen molar-refractivity contribution in [2.75, 3.05) is 43.1 Å². The van der Waals surface area contributed by atoms with Gasteiger partial charge in [-0.25, -0.2) is 13.6 Å². The molecule has 0 aliphatic carbocycles. The Kier molecular flexibility index (Phi) is 5.21. The number of piperidine rings is 1. The van der Waals surface area contributed by atoms with Crippen LogP contribution in [0.2, 0.25) is 0 Å². The van der Waals surface area contributed by atoms with Crippen molar-refractivity contribution in [3.63, 3.8) is 0 Å². The van der Waals surface area contributed by atoms with Gasteiger partial charge in [0.15, 0.2) is 0 Å². The smallest absolute Gasteiger partial charge is 0.322 e. The van der Waals surface area contributed by atoms with Crippen molar-refractivity contribution in [1.82, 2.24) is 15.1 Å². The zero-order valence-electron chi connectivity index (χ0n) is 17.6. The summed E-state index contributed by atoms with van der Waals surface area (Å²) in [6.07, 6.45) is 1.44. The third-order valence-electron chi connectivity index (χ3n) is 6.87. The van der Waals surface area contributed by atoms with Crippen molar-refractivity contribution in [2.24, 2.45) is 0 Å². The maximum absolute atomic E-state index is 13.8. The van der Waals surface area contributed by atoms with Gasteiger partial charge in [0.25, 0.3) is 0 Å². The Morgan fingerprint density at radius 3 is 2.47 bits per heavy atom. The number of rotatable bonds is 3. The first-order chi connectivity index (χ1) is 15.5. The van der Waals surface area contributed by atoms with Gasteiger partial charge in [-0.15, -0.1) is 0 Å². The molecular weight excluding hydrogens is 416 g/mol. The minimum atomic E-state index is -0.797. The number of hydrogen-bond acceptors (Lipinski definition) is 4. The zero-order valence-corrected chi connectivity index (χ0v) is 17.6. The summed E-state index contributed by atoms with van der Waals surface area (Å²) in [6, 6.07) is 12.9. The van der Waals surface area contributed by atoms with Gasteiger partial charge in [-0.2, -0.15) is 0 Å². The van der Waals surface area contributed by atoms with Crippen LogP contribution in [-0.2, 0) is 4.79 Å². The number of benzene rings is 2. The molecule has 7 nitrogen and oxygen atoms in total. The zero-order chi connectivity index (χ0) is 22.3. The third kappa shape index (κ3) is 3.56. The lowest BCUT2D eigenvalue weighted by molar-refractivity contribution is -0.125. The molecule has 0 bridgehead atoms. The van der Waals surface area contributed by atoms with Gasteiger partial charge in [0, 0.05) is 44.0 Å². The molecule has 1 spiro atoms. The van der Waals surface area contributed by atoms with Gasteiger partial charge >= 0.3 is 6.03 Å². The molecule has 3 amide bonds. The maximum Gasteiger partial charge on any atom is 0.322 e. The lowest BCUT2D eigenvalue weighted by Crippen LogP contribution is -2.65. The normalized spacial score (nSPS) is 20.9. The van der Waals surface area contributed by atoms with Crippen molar-refractivity contribution >= 4 is 23.3 Å². The number of likely N-dealkylation sites (tertiary alicyclic amines) is 2. The van der Waals surface area contributed by atoms with Crippen molar-refractivity contribution < 1.29 is 18.4 Å². The van der Waals surface area contributed by atoms with E-state index in [1.54, 1.807) is 4.90 Å². The predicted molar refractivity (Wildman–Crippen MR) is 116 cm³/mol. The molecule has 3 saturated heterocycles. The van der Waals surface area contributed by atoms with Crippen LogP contribution in [0.4, 0.5) is 25.0 Å². The second-order valence-electron chi connectivity index (χ2n) is 8.61. The summed E-state index contributed by atoms with van der Waals surface area (Å²) < 4.78 is 26.8. The van der Waals surface area contributed by atoms with Crippen LogP contribution in [0.15, 0.2) is 48.5 Å². The molecule has 3 heterocycles. The summed E-state index contributed by atoms with van der Waals surface area (Å²) in [6.45, 7) is 3.12. The van der Waals surface area contributed by atoms with Crippen LogP contribution in [0.5, 0.6) is 0 Å². The first-order valence-electron chi connectivity index (χ1n) is 10.8. The van der Waals surface area contributed by atoms with E-state index in [1.807, 2.05) is 30.3 Å². The Bertz CT molecular complexity index is 1020. The monoisotopic (exact) mass is 441 g/mol. The molecule has 0 atom stereocenters. The quantitative estimate of drug-likeness (QED) is 0.769. The van der Waals surface area contributed by atoms with E-state index in [2.05, 4.69) is 20.4 Å². The summed E-state index contributed by atoms with van der Waals surface area (Å²) in [4.78, 5) is 31.3. The molecule has 168 valence electrons. The van der Waals surface area contributed by atoms with Crippen molar-refractivity contribution in [3.8, 4) is 0 Å². The number of para-hydroxylation sites is 1. The van der Waals surface area contributed by atoms with Gasteiger partial charge in [-0.1, -0.05) is 18.2 Å². The van der Waals surface area contributed by atoms with Gasteiger partial charge in [0.05, 0.1) is 12.4 Å². The Morgan fingerprint density at radius 1 is 1.06 bits per heavy atom. The van der Waals surface area contributed by atoms with Crippen LogP contribution >= 0.6 is 0 Å². The number of anilines is 2. The Morgan fingerprint density at radius 2 is 1.78 bits per heavy atom. The molecular formula is C23H25F2N5O2. The number of nitrogens with zero attached hydrogens (tertiary/aromatic N) is 3. The number of carbonyl (C=O) groups is 2. The van der Waals surface area contributed by atoms with Gasteiger partial charge in [-0.05, 0) is 37.1 Å². The Balaban J connectivity index is 1.16. The number of urea groups is 1. The maximum atomic E-state index is 13.8. The molecule has 0 unspecified atom stereocenters. The van der Waals surface area contributed by atoms with Gasteiger partial charge < -0.3 is 20.4 Å². The Labute approximate surface area is 185 Å². The third-order valence-corrected chi connectivity index (χ3v) is 6.87. The molecule has 2 aromatic rings. The lowest BCUT2D eigenvalue weighted by Gasteiger charge is -2.50. The fourth-order valence-corrected chi connectivity index (χ4v) is 4.93. The second kappa shape index (κ2) is 8.05. The van der Waals surface area contributed by atoms with E-state index in [0.717, 1.165) is 43.8 Å². The van der Waals surface area contributed by atoms with Crippen molar-refractivity contribution in [3.05, 3.63) is 60.2 Å². The molecule has 3 fully saturated rings. The average molecular weight is 441 g/mol. The summed E-state index contributed by atoms with van der Waals surface area (Å²) >= 11 is 0. The van der Waals surface area contributed by atoms with E-state index in [1.165, 1.54) is 6.07 Å². The van der Waals surface area contributed by atoms with E-state index in [4.69, 9.17) is 0 Å². The number of halogens is 2. The molecule has 0 aromatic heterocycles. The first kappa shape index (κ1) is 20.7. The van der Waals surface area contributed by atoms with E-state index < -0.39 is 23.2 Å². The summed E-state index contributed by atoms with van der Waals surface area (Å²) in [5.41, 5.74) is 0.477. The molecule has 2 aromatic carbocycles. The highest BCUT2D eigenvalue weighted by Gasteiger charge is 2.51. The van der Waals surface area contributed by atoms with E-state index in [-0.39, 0.29) is 17.6 Å². The highest BCUT2D eigenvalue weighted by atomic mass is 19.1. The predicted octanol–water partition coefficient (Wildman–Crippen LogP) is 2.61. The van der Waals surface area contributed by atoms with Gasteiger partial charge in [0.1, 0.15) is 17.2 Å². The lowest BCUT2D eigenvalue weighted by atomic mass is 9.84. The van der Waals surface area contributed by atoms with Crippen molar-refractivity contribution in [1.29, 1.82) is 0 Å². The largest absolute Gasteiger partial charge is 0.339 e. The van der Waals surface area contributed by atoms with Crippen LogP contribution in [-0.4, -0.2) is 66.2 Å². The fraction of sp³-hybridized carbons (Fsp3) is 0.391. The van der Waals surface area contributed by atoms with E-state index in [9.17, 15) is 18.4 Å². The molecule has 32 heavy (non-hydrogen) atoms. The van der Waals surface area contributed by atoms with Crippen LogP contribution in [0, 0.1) is 11.6 Å².